The zero-order valence-electron chi connectivity index (χ0n) is 11.1. The van der Waals surface area contributed by atoms with Crippen LogP contribution in [0.1, 0.15) is 19.0 Å². The summed E-state index contributed by atoms with van der Waals surface area (Å²) in [4.78, 5) is 17.8. The van der Waals surface area contributed by atoms with E-state index in [-0.39, 0.29) is 18.1 Å². The predicted molar refractivity (Wildman–Crippen MR) is 74.4 cm³/mol. The number of urea groups is 1. The first kappa shape index (κ1) is 14.1. The Hall–Kier alpha value is -1.33. The topological polar surface area (TPSA) is 65.5 Å². The van der Waals surface area contributed by atoms with Crippen LogP contribution >= 0.6 is 11.6 Å². The highest BCUT2D eigenvalue weighted by Crippen LogP contribution is 2.25. The fraction of sp³-hybridized carbons (Fsp3) is 0.538. The first-order valence-electron chi connectivity index (χ1n) is 6.34. The molecule has 6 heteroatoms. The van der Waals surface area contributed by atoms with Crippen LogP contribution in [0.15, 0.2) is 12.3 Å². The molecule has 0 aliphatic carbocycles. The number of likely N-dealkylation sites (tertiary alicyclic amines) is 1. The van der Waals surface area contributed by atoms with Crippen LogP contribution in [0.3, 0.4) is 0 Å². The summed E-state index contributed by atoms with van der Waals surface area (Å²) >= 11 is 6.09. The molecule has 0 aromatic carbocycles. The van der Waals surface area contributed by atoms with Gasteiger partial charge < -0.3 is 15.3 Å². The largest absolute Gasteiger partial charge is 0.393 e. The van der Waals surface area contributed by atoms with Gasteiger partial charge in [0, 0.05) is 25.2 Å². The SMILES string of the molecule is Cc1nccc(NC(=O)N2CC[C@H]([C@H](C)O)C2)c1Cl. The molecular weight excluding hydrogens is 266 g/mol. The predicted octanol–water partition coefficient (Wildman–Crippen LogP) is 2.28. The number of aliphatic hydroxyl groups is 1. The van der Waals surface area contributed by atoms with Gasteiger partial charge in [0.2, 0.25) is 0 Å². The number of hydrogen-bond donors (Lipinski definition) is 2. The van der Waals surface area contributed by atoms with Crippen molar-refractivity contribution in [1.29, 1.82) is 0 Å². The minimum atomic E-state index is -0.385. The molecule has 1 saturated heterocycles. The highest BCUT2D eigenvalue weighted by atomic mass is 35.5. The highest BCUT2D eigenvalue weighted by Gasteiger charge is 2.29. The fourth-order valence-electron chi connectivity index (χ4n) is 2.20. The van der Waals surface area contributed by atoms with Crippen molar-refractivity contribution in [3.05, 3.63) is 23.0 Å². The Morgan fingerprint density at radius 3 is 3.05 bits per heavy atom. The molecule has 2 amide bonds. The molecule has 19 heavy (non-hydrogen) atoms. The van der Waals surface area contributed by atoms with Crippen molar-refractivity contribution in [1.82, 2.24) is 9.88 Å². The molecule has 0 saturated carbocycles. The third kappa shape index (κ3) is 3.16. The van der Waals surface area contributed by atoms with E-state index in [4.69, 9.17) is 11.6 Å². The number of pyridine rings is 1. The number of halogens is 1. The summed E-state index contributed by atoms with van der Waals surface area (Å²) in [5.41, 5.74) is 1.25. The lowest BCUT2D eigenvalue weighted by Gasteiger charge is -2.19. The molecule has 1 aliphatic rings. The molecule has 0 bridgehead atoms. The van der Waals surface area contributed by atoms with E-state index in [0.29, 0.717) is 29.5 Å². The fourth-order valence-corrected chi connectivity index (χ4v) is 2.36. The van der Waals surface area contributed by atoms with Crippen LogP contribution in [-0.2, 0) is 0 Å². The Balaban J connectivity index is 2.00. The summed E-state index contributed by atoms with van der Waals surface area (Å²) in [6.07, 6.45) is 2.05. The number of nitrogens with one attached hydrogen (secondary N) is 1. The maximum atomic E-state index is 12.1. The van der Waals surface area contributed by atoms with Crippen molar-refractivity contribution < 1.29 is 9.90 Å². The lowest BCUT2D eigenvalue weighted by molar-refractivity contribution is 0.130. The molecule has 2 heterocycles. The summed E-state index contributed by atoms with van der Waals surface area (Å²) in [7, 11) is 0. The second-order valence-corrected chi connectivity index (χ2v) is 5.30. The number of aromatic nitrogens is 1. The van der Waals surface area contributed by atoms with E-state index in [1.54, 1.807) is 31.0 Å². The van der Waals surface area contributed by atoms with Crippen LogP contribution in [0.5, 0.6) is 0 Å². The highest BCUT2D eigenvalue weighted by molar-refractivity contribution is 6.34. The molecule has 0 unspecified atom stereocenters. The lowest BCUT2D eigenvalue weighted by Crippen LogP contribution is -2.34. The van der Waals surface area contributed by atoms with Crippen LogP contribution in [-0.4, -0.2) is 40.2 Å². The zero-order valence-corrected chi connectivity index (χ0v) is 11.8. The summed E-state index contributed by atoms with van der Waals surface area (Å²) in [5, 5.41) is 12.8. The number of rotatable bonds is 2. The standard InChI is InChI=1S/C13H18ClN3O2/c1-8-12(14)11(3-5-15-8)16-13(19)17-6-4-10(7-17)9(2)18/h3,5,9-10,18H,4,6-7H2,1-2H3,(H,15,16,19)/t9-,10-/m0/s1. The van der Waals surface area contributed by atoms with E-state index < -0.39 is 0 Å². The third-order valence-electron chi connectivity index (χ3n) is 3.50. The van der Waals surface area contributed by atoms with Gasteiger partial charge in [0.15, 0.2) is 0 Å². The number of aliphatic hydroxyl groups excluding tert-OH is 1. The number of aryl methyl sites for hydroxylation is 1. The third-order valence-corrected chi connectivity index (χ3v) is 3.98. The van der Waals surface area contributed by atoms with Crippen molar-refractivity contribution in [2.24, 2.45) is 5.92 Å². The number of amides is 2. The molecule has 2 N–H and O–H groups in total. The van der Waals surface area contributed by atoms with E-state index in [1.165, 1.54) is 0 Å². The van der Waals surface area contributed by atoms with Gasteiger partial charge in [0.05, 0.1) is 22.5 Å². The molecule has 1 aromatic heterocycles. The minimum Gasteiger partial charge on any atom is -0.393 e. The molecule has 2 rings (SSSR count). The van der Waals surface area contributed by atoms with Gasteiger partial charge in [-0.15, -0.1) is 0 Å². The maximum absolute atomic E-state index is 12.1. The summed E-state index contributed by atoms with van der Waals surface area (Å²) in [6.45, 7) is 4.78. The van der Waals surface area contributed by atoms with Crippen molar-refractivity contribution in [2.75, 3.05) is 18.4 Å². The Kier molecular flexibility index (Phi) is 4.27. The number of carbonyl (C=O) groups excluding carboxylic acids is 1. The molecular formula is C13H18ClN3O2. The van der Waals surface area contributed by atoms with E-state index in [9.17, 15) is 9.90 Å². The number of hydrogen-bond acceptors (Lipinski definition) is 3. The van der Waals surface area contributed by atoms with E-state index >= 15 is 0 Å². The molecule has 104 valence electrons. The number of carbonyl (C=O) groups is 1. The van der Waals surface area contributed by atoms with Gasteiger partial charge in [0.1, 0.15) is 0 Å². The summed E-state index contributed by atoms with van der Waals surface area (Å²) < 4.78 is 0. The van der Waals surface area contributed by atoms with Gasteiger partial charge in [0.25, 0.3) is 0 Å². The normalized spacial score (nSPS) is 20.4. The van der Waals surface area contributed by atoms with Gasteiger partial charge >= 0.3 is 6.03 Å². The van der Waals surface area contributed by atoms with Crippen molar-refractivity contribution in [3.8, 4) is 0 Å². The summed E-state index contributed by atoms with van der Waals surface area (Å²) in [5.74, 6) is 0.153. The molecule has 2 atom stereocenters. The zero-order chi connectivity index (χ0) is 14.0. The first-order valence-corrected chi connectivity index (χ1v) is 6.72. The Bertz CT molecular complexity index is 479. The molecule has 5 nitrogen and oxygen atoms in total. The molecule has 1 aromatic rings. The number of nitrogens with zero attached hydrogens (tertiary/aromatic N) is 2. The molecule has 1 fully saturated rings. The van der Waals surface area contributed by atoms with Gasteiger partial charge in [-0.1, -0.05) is 11.6 Å². The lowest BCUT2D eigenvalue weighted by atomic mass is 10.0. The van der Waals surface area contributed by atoms with Crippen LogP contribution < -0.4 is 5.32 Å². The average molecular weight is 284 g/mol. The van der Waals surface area contributed by atoms with Gasteiger partial charge in [-0.05, 0) is 26.3 Å². The average Bonchev–Trinajstić information content (AvgIpc) is 2.84. The van der Waals surface area contributed by atoms with Gasteiger partial charge in [-0.2, -0.15) is 0 Å². The van der Waals surface area contributed by atoms with Crippen molar-refractivity contribution in [3.63, 3.8) is 0 Å². The van der Waals surface area contributed by atoms with E-state index in [1.807, 2.05) is 0 Å². The second kappa shape index (κ2) is 5.75. The van der Waals surface area contributed by atoms with Crippen LogP contribution in [0, 0.1) is 12.8 Å². The monoisotopic (exact) mass is 283 g/mol. The molecule has 0 radical (unpaired) electrons. The van der Waals surface area contributed by atoms with E-state index in [0.717, 1.165) is 6.42 Å². The van der Waals surface area contributed by atoms with Crippen molar-refractivity contribution in [2.45, 2.75) is 26.4 Å². The van der Waals surface area contributed by atoms with Gasteiger partial charge in [-0.3, -0.25) is 4.98 Å². The summed E-state index contributed by atoms with van der Waals surface area (Å²) in [6, 6.07) is 1.49. The van der Waals surface area contributed by atoms with Crippen LogP contribution in [0.2, 0.25) is 5.02 Å². The quantitative estimate of drug-likeness (QED) is 0.875. The Morgan fingerprint density at radius 1 is 1.68 bits per heavy atom. The smallest absolute Gasteiger partial charge is 0.321 e. The minimum absolute atomic E-state index is 0.153. The first-order chi connectivity index (χ1) is 8.99. The Labute approximate surface area is 117 Å². The van der Waals surface area contributed by atoms with Gasteiger partial charge in [-0.25, -0.2) is 4.79 Å². The second-order valence-electron chi connectivity index (χ2n) is 4.92. The van der Waals surface area contributed by atoms with Crippen molar-refractivity contribution >= 4 is 23.3 Å². The molecule has 1 aliphatic heterocycles. The number of anilines is 1. The van der Waals surface area contributed by atoms with Crippen LogP contribution in [0.25, 0.3) is 0 Å². The van der Waals surface area contributed by atoms with E-state index in [2.05, 4.69) is 10.3 Å². The Morgan fingerprint density at radius 2 is 2.42 bits per heavy atom. The van der Waals surface area contributed by atoms with Crippen LogP contribution in [0.4, 0.5) is 10.5 Å². The molecule has 0 spiro atoms. The maximum Gasteiger partial charge on any atom is 0.321 e.